The molecule has 126 valence electrons. The van der Waals surface area contributed by atoms with Crippen molar-refractivity contribution in [2.75, 3.05) is 19.7 Å². The minimum atomic E-state index is -0.112. The van der Waals surface area contributed by atoms with Gasteiger partial charge in [-0.15, -0.1) is 0 Å². The van der Waals surface area contributed by atoms with Crippen molar-refractivity contribution in [3.8, 4) is 5.75 Å². The van der Waals surface area contributed by atoms with Gasteiger partial charge in [-0.25, -0.2) is 0 Å². The fraction of sp³-hybridized carbons (Fsp3) is 0.556. The molecule has 0 bridgehead atoms. The first-order valence-corrected chi connectivity index (χ1v) is 8.23. The van der Waals surface area contributed by atoms with Crippen LogP contribution in [0.4, 0.5) is 0 Å². The van der Waals surface area contributed by atoms with Crippen molar-refractivity contribution in [2.24, 2.45) is 5.92 Å². The van der Waals surface area contributed by atoms with Crippen LogP contribution < -0.4 is 10.1 Å². The van der Waals surface area contributed by atoms with E-state index in [9.17, 15) is 9.59 Å². The van der Waals surface area contributed by atoms with E-state index >= 15 is 0 Å². The largest absolute Gasteiger partial charge is 0.484 e. The van der Waals surface area contributed by atoms with Crippen LogP contribution in [0.5, 0.6) is 5.75 Å². The zero-order valence-corrected chi connectivity index (χ0v) is 14.2. The SMILES string of the molecule is Cc1ccc(OCC(=O)NC2CCN(C(=O)C(C)C)CC2)cc1. The van der Waals surface area contributed by atoms with Crippen molar-refractivity contribution in [1.29, 1.82) is 0 Å². The highest BCUT2D eigenvalue weighted by Gasteiger charge is 2.25. The summed E-state index contributed by atoms with van der Waals surface area (Å²) in [7, 11) is 0. The lowest BCUT2D eigenvalue weighted by Crippen LogP contribution is -2.48. The van der Waals surface area contributed by atoms with Crippen LogP contribution in [0.25, 0.3) is 0 Å². The Kier molecular flexibility index (Phi) is 6.02. The number of carbonyl (C=O) groups is 2. The average molecular weight is 318 g/mol. The van der Waals surface area contributed by atoms with Crippen molar-refractivity contribution in [3.05, 3.63) is 29.8 Å². The maximum atomic E-state index is 12.0. The van der Waals surface area contributed by atoms with Gasteiger partial charge >= 0.3 is 0 Å². The molecule has 5 nitrogen and oxygen atoms in total. The average Bonchev–Trinajstić information content (AvgIpc) is 2.54. The number of ether oxygens (including phenoxy) is 1. The summed E-state index contributed by atoms with van der Waals surface area (Å²) in [6.45, 7) is 7.28. The van der Waals surface area contributed by atoms with E-state index < -0.39 is 0 Å². The van der Waals surface area contributed by atoms with Gasteiger partial charge in [-0.3, -0.25) is 9.59 Å². The van der Waals surface area contributed by atoms with Gasteiger partial charge in [0.15, 0.2) is 6.61 Å². The molecular formula is C18H26N2O3. The topological polar surface area (TPSA) is 58.6 Å². The minimum Gasteiger partial charge on any atom is -0.484 e. The van der Waals surface area contributed by atoms with Crippen LogP contribution in [-0.4, -0.2) is 42.5 Å². The standard InChI is InChI=1S/C18H26N2O3/c1-13(2)18(22)20-10-8-15(9-11-20)19-17(21)12-23-16-6-4-14(3)5-7-16/h4-7,13,15H,8-12H2,1-3H3,(H,19,21). The predicted octanol–water partition coefficient (Wildman–Crippen LogP) is 2.14. The van der Waals surface area contributed by atoms with E-state index in [1.165, 1.54) is 0 Å². The summed E-state index contributed by atoms with van der Waals surface area (Å²) in [5.41, 5.74) is 1.16. The van der Waals surface area contributed by atoms with Crippen LogP contribution in [-0.2, 0) is 9.59 Å². The molecule has 5 heteroatoms. The first kappa shape index (κ1) is 17.3. The molecular weight excluding hydrogens is 292 g/mol. The second kappa shape index (κ2) is 7.99. The molecule has 0 saturated carbocycles. The number of aryl methyl sites for hydroxylation is 1. The second-order valence-corrected chi connectivity index (χ2v) is 6.42. The molecule has 2 amide bonds. The molecule has 1 saturated heterocycles. The number of benzene rings is 1. The molecule has 1 aromatic carbocycles. The molecule has 0 atom stereocenters. The van der Waals surface area contributed by atoms with Crippen molar-refractivity contribution < 1.29 is 14.3 Å². The molecule has 1 aliphatic rings. The normalized spacial score (nSPS) is 15.6. The summed E-state index contributed by atoms with van der Waals surface area (Å²) in [4.78, 5) is 25.8. The van der Waals surface area contributed by atoms with Crippen molar-refractivity contribution in [3.63, 3.8) is 0 Å². The number of nitrogens with zero attached hydrogens (tertiary/aromatic N) is 1. The molecule has 23 heavy (non-hydrogen) atoms. The van der Waals surface area contributed by atoms with Crippen molar-refractivity contribution in [1.82, 2.24) is 10.2 Å². The molecule has 1 aliphatic heterocycles. The summed E-state index contributed by atoms with van der Waals surface area (Å²) in [6, 6.07) is 7.75. The third kappa shape index (κ3) is 5.27. The number of hydrogen-bond donors (Lipinski definition) is 1. The molecule has 0 aromatic heterocycles. The molecule has 1 N–H and O–H groups in total. The summed E-state index contributed by atoms with van der Waals surface area (Å²) in [6.07, 6.45) is 1.60. The van der Waals surface area contributed by atoms with Gasteiger partial charge in [0.2, 0.25) is 5.91 Å². The van der Waals surface area contributed by atoms with Gasteiger partial charge in [-0.1, -0.05) is 31.5 Å². The Hall–Kier alpha value is -2.04. The van der Waals surface area contributed by atoms with Gasteiger partial charge in [0, 0.05) is 25.0 Å². The molecule has 1 fully saturated rings. The molecule has 0 spiro atoms. The Balaban J connectivity index is 1.70. The van der Waals surface area contributed by atoms with Crippen LogP contribution in [0.1, 0.15) is 32.3 Å². The van der Waals surface area contributed by atoms with Gasteiger partial charge in [0.25, 0.3) is 5.91 Å². The Morgan fingerprint density at radius 2 is 1.83 bits per heavy atom. The van der Waals surface area contributed by atoms with Gasteiger partial charge in [-0.05, 0) is 31.9 Å². The van der Waals surface area contributed by atoms with E-state index in [0.717, 1.165) is 18.4 Å². The van der Waals surface area contributed by atoms with E-state index in [1.54, 1.807) is 0 Å². The van der Waals surface area contributed by atoms with E-state index in [4.69, 9.17) is 4.74 Å². The molecule has 1 aromatic rings. The van der Waals surface area contributed by atoms with Crippen molar-refractivity contribution >= 4 is 11.8 Å². The number of carbonyl (C=O) groups excluding carboxylic acids is 2. The molecule has 2 rings (SSSR count). The second-order valence-electron chi connectivity index (χ2n) is 6.42. The third-order valence-electron chi connectivity index (χ3n) is 4.06. The zero-order chi connectivity index (χ0) is 16.8. The lowest BCUT2D eigenvalue weighted by Gasteiger charge is -2.33. The first-order valence-electron chi connectivity index (χ1n) is 8.23. The maximum absolute atomic E-state index is 12.0. The predicted molar refractivity (Wildman–Crippen MR) is 89.3 cm³/mol. The van der Waals surface area contributed by atoms with Gasteiger partial charge in [-0.2, -0.15) is 0 Å². The Bertz CT molecular complexity index is 532. The lowest BCUT2D eigenvalue weighted by atomic mass is 10.0. The van der Waals surface area contributed by atoms with E-state index in [0.29, 0.717) is 18.8 Å². The third-order valence-corrected chi connectivity index (χ3v) is 4.06. The van der Waals surface area contributed by atoms with Gasteiger partial charge in [0.1, 0.15) is 5.75 Å². The highest BCUT2D eigenvalue weighted by atomic mass is 16.5. The highest BCUT2D eigenvalue weighted by molar-refractivity contribution is 5.79. The molecule has 0 aliphatic carbocycles. The number of amides is 2. The summed E-state index contributed by atoms with van der Waals surface area (Å²) >= 11 is 0. The smallest absolute Gasteiger partial charge is 0.258 e. The number of rotatable bonds is 5. The van der Waals surface area contributed by atoms with E-state index in [1.807, 2.05) is 49.9 Å². The molecule has 0 unspecified atom stereocenters. The molecule has 0 radical (unpaired) electrons. The van der Waals surface area contributed by atoms with Gasteiger partial charge in [0.05, 0.1) is 0 Å². The number of piperidine rings is 1. The number of hydrogen-bond acceptors (Lipinski definition) is 3. The Morgan fingerprint density at radius 3 is 2.39 bits per heavy atom. The van der Waals surface area contributed by atoms with E-state index in [-0.39, 0.29) is 30.4 Å². The number of nitrogens with one attached hydrogen (secondary N) is 1. The van der Waals surface area contributed by atoms with Crippen LogP contribution >= 0.6 is 0 Å². The van der Waals surface area contributed by atoms with Crippen LogP contribution in [0.2, 0.25) is 0 Å². The Morgan fingerprint density at radius 1 is 1.22 bits per heavy atom. The summed E-state index contributed by atoms with van der Waals surface area (Å²) in [5.74, 6) is 0.809. The van der Waals surface area contributed by atoms with Gasteiger partial charge < -0.3 is 15.0 Å². The number of likely N-dealkylation sites (tertiary alicyclic amines) is 1. The first-order chi connectivity index (χ1) is 11.0. The monoisotopic (exact) mass is 318 g/mol. The van der Waals surface area contributed by atoms with E-state index in [2.05, 4.69) is 5.32 Å². The minimum absolute atomic E-state index is 0.0220. The van der Waals surface area contributed by atoms with Crippen LogP contribution in [0, 0.1) is 12.8 Å². The lowest BCUT2D eigenvalue weighted by molar-refractivity contribution is -0.135. The maximum Gasteiger partial charge on any atom is 0.258 e. The summed E-state index contributed by atoms with van der Waals surface area (Å²) in [5, 5.41) is 2.99. The zero-order valence-electron chi connectivity index (χ0n) is 14.2. The van der Waals surface area contributed by atoms with Crippen LogP contribution in [0.15, 0.2) is 24.3 Å². The fourth-order valence-corrected chi connectivity index (χ4v) is 2.66. The highest BCUT2D eigenvalue weighted by Crippen LogP contribution is 2.14. The quantitative estimate of drug-likeness (QED) is 0.905. The van der Waals surface area contributed by atoms with Crippen molar-refractivity contribution in [2.45, 2.75) is 39.7 Å². The Labute approximate surface area is 138 Å². The summed E-state index contributed by atoms with van der Waals surface area (Å²) < 4.78 is 5.48. The van der Waals surface area contributed by atoms with Crippen LogP contribution in [0.3, 0.4) is 0 Å². The fourth-order valence-electron chi connectivity index (χ4n) is 2.66. The molecule has 1 heterocycles.